The minimum atomic E-state index is -1.39. The first-order valence-electron chi connectivity index (χ1n) is 8.19. The molecule has 4 heteroatoms. The van der Waals surface area contributed by atoms with E-state index in [2.05, 4.69) is 32.2 Å². The Morgan fingerprint density at radius 1 is 1.09 bits per heavy atom. The van der Waals surface area contributed by atoms with E-state index in [0.29, 0.717) is 19.8 Å². The Hall–Kier alpha value is -1.28. The molecule has 2 rings (SSSR count). The third-order valence-corrected chi connectivity index (χ3v) is 9.25. The second kappa shape index (κ2) is 8.38. The third-order valence-electron chi connectivity index (χ3n) is 4.48. The first kappa shape index (κ1) is 17.1. The molecule has 1 heterocycles. The first-order chi connectivity index (χ1) is 10.7. The number of para-hydroxylation sites is 1. The van der Waals surface area contributed by atoms with Gasteiger partial charge in [-0.1, -0.05) is 44.9 Å². The molecule has 120 valence electrons. The summed E-state index contributed by atoms with van der Waals surface area (Å²) in [5.74, 6) is 4.06. The van der Waals surface area contributed by atoms with E-state index in [9.17, 15) is 0 Å². The standard InChI is InChI=1S/C18H26O3Si/c1-4-22(5-2,6-3)15-9-12-19-17-11-8-7-10-16(17)18-20-13-14-21-18/h7-8,10-11,18H,4-6,12-14H2,1-3H3. The fraction of sp³-hybridized carbons (Fsp3) is 0.556. The average Bonchev–Trinajstić information content (AvgIpc) is 3.10. The van der Waals surface area contributed by atoms with Crippen LogP contribution in [0.5, 0.6) is 5.75 Å². The number of ether oxygens (including phenoxy) is 3. The van der Waals surface area contributed by atoms with Gasteiger partial charge in [-0.15, -0.1) is 5.54 Å². The Bertz CT molecular complexity index is 514. The Morgan fingerprint density at radius 2 is 1.73 bits per heavy atom. The predicted molar refractivity (Wildman–Crippen MR) is 91.6 cm³/mol. The molecular weight excluding hydrogens is 292 g/mol. The summed E-state index contributed by atoms with van der Waals surface area (Å²) in [6.07, 6.45) is -0.306. The highest BCUT2D eigenvalue weighted by Gasteiger charge is 2.24. The fourth-order valence-corrected chi connectivity index (χ4v) is 5.17. The van der Waals surface area contributed by atoms with E-state index in [0.717, 1.165) is 11.3 Å². The number of hydrogen-bond donors (Lipinski definition) is 0. The van der Waals surface area contributed by atoms with Crippen LogP contribution in [0, 0.1) is 11.5 Å². The third kappa shape index (κ3) is 4.13. The van der Waals surface area contributed by atoms with Crippen LogP contribution in [-0.4, -0.2) is 27.9 Å². The van der Waals surface area contributed by atoms with Crippen molar-refractivity contribution in [1.29, 1.82) is 0 Å². The molecule has 1 aliphatic rings. The van der Waals surface area contributed by atoms with E-state index < -0.39 is 8.07 Å². The molecule has 1 aromatic rings. The monoisotopic (exact) mass is 318 g/mol. The number of benzene rings is 1. The molecule has 0 spiro atoms. The summed E-state index contributed by atoms with van der Waals surface area (Å²) in [5.41, 5.74) is 4.49. The molecule has 1 aromatic carbocycles. The van der Waals surface area contributed by atoms with Crippen LogP contribution in [0.25, 0.3) is 0 Å². The van der Waals surface area contributed by atoms with E-state index in [1.807, 2.05) is 24.3 Å². The van der Waals surface area contributed by atoms with Crippen molar-refractivity contribution in [3.63, 3.8) is 0 Å². The minimum absolute atomic E-state index is 0.306. The van der Waals surface area contributed by atoms with Crippen LogP contribution in [0.2, 0.25) is 18.1 Å². The highest BCUT2D eigenvalue weighted by molar-refractivity contribution is 6.87. The van der Waals surface area contributed by atoms with Crippen molar-refractivity contribution in [2.24, 2.45) is 0 Å². The molecule has 0 unspecified atom stereocenters. The van der Waals surface area contributed by atoms with Crippen molar-refractivity contribution in [2.45, 2.75) is 45.2 Å². The highest BCUT2D eigenvalue weighted by atomic mass is 28.3. The van der Waals surface area contributed by atoms with Gasteiger partial charge in [0.1, 0.15) is 20.4 Å². The van der Waals surface area contributed by atoms with Gasteiger partial charge in [-0.25, -0.2) is 0 Å². The summed E-state index contributed by atoms with van der Waals surface area (Å²) < 4.78 is 17.0. The second-order valence-corrected chi connectivity index (χ2v) is 10.5. The van der Waals surface area contributed by atoms with Gasteiger partial charge in [-0.3, -0.25) is 0 Å². The molecule has 3 nitrogen and oxygen atoms in total. The molecule has 22 heavy (non-hydrogen) atoms. The van der Waals surface area contributed by atoms with E-state index in [1.165, 1.54) is 18.1 Å². The van der Waals surface area contributed by atoms with Gasteiger partial charge >= 0.3 is 0 Å². The van der Waals surface area contributed by atoms with Crippen LogP contribution in [0.15, 0.2) is 24.3 Å². The summed E-state index contributed by atoms with van der Waals surface area (Å²) >= 11 is 0. The largest absolute Gasteiger partial charge is 0.480 e. The first-order valence-corrected chi connectivity index (χ1v) is 10.8. The van der Waals surface area contributed by atoms with Crippen molar-refractivity contribution >= 4 is 8.07 Å². The molecule has 1 fully saturated rings. The Balaban J connectivity index is 2.01. The maximum absolute atomic E-state index is 5.87. The van der Waals surface area contributed by atoms with Crippen molar-refractivity contribution < 1.29 is 14.2 Å². The lowest BCUT2D eigenvalue weighted by atomic mass is 10.2. The second-order valence-electron chi connectivity index (χ2n) is 5.54. The van der Waals surface area contributed by atoms with Crippen molar-refractivity contribution in [1.82, 2.24) is 0 Å². The van der Waals surface area contributed by atoms with Gasteiger partial charge in [0, 0.05) is 5.56 Å². The topological polar surface area (TPSA) is 27.7 Å². The smallest absolute Gasteiger partial charge is 0.187 e. The van der Waals surface area contributed by atoms with E-state index in [1.54, 1.807) is 0 Å². The molecule has 0 saturated carbocycles. The zero-order valence-electron chi connectivity index (χ0n) is 13.9. The molecule has 0 radical (unpaired) electrons. The van der Waals surface area contributed by atoms with Crippen molar-refractivity contribution in [2.75, 3.05) is 19.8 Å². The molecule has 0 atom stereocenters. The minimum Gasteiger partial charge on any atom is -0.480 e. The highest BCUT2D eigenvalue weighted by Crippen LogP contribution is 2.30. The molecular formula is C18H26O3Si. The van der Waals surface area contributed by atoms with Gasteiger partial charge in [0.2, 0.25) is 0 Å². The van der Waals surface area contributed by atoms with Gasteiger partial charge in [0.05, 0.1) is 13.2 Å². The Morgan fingerprint density at radius 3 is 2.36 bits per heavy atom. The van der Waals surface area contributed by atoms with Gasteiger partial charge in [0.25, 0.3) is 0 Å². The van der Waals surface area contributed by atoms with Gasteiger partial charge in [-0.05, 0) is 24.2 Å². The molecule has 0 N–H and O–H groups in total. The normalized spacial score (nSPS) is 15.4. The maximum Gasteiger partial charge on any atom is 0.187 e. The molecule has 0 aromatic heterocycles. The van der Waals surface area contributed by atoms with Crippen molar-refractivity contribution in [3.8, 4) is 17.2 Å². The lowest BCUT2D eigenvalue weighted by molar-refractivity contribution is -0.0456. The average molecular weight is 318 g/mol. The van der Waals surface area contributed by atoms with Crippen LogP contribution in [0.1, 0.15) is 32.6 Å². The lowest BCUT2D eigenvalue weighted by Crippen LogP contribution is -2.29. The summed E-state index contributed by atoms with van der Waals surface area (Å²) in [5, 5.41) is 0. The molecule has 0 bridgehead atoms. The Kier molecular flexibility index (Phi) is 6.50. The molecule has 1 aliphatic heterocycles. The predicted octanol–water partition coefficient (Wildman–Crippen LogP) is 4.16. The van der Waals surface area contributed by atoms with E-state index in [4.69, 9.17) is 14.2 Å². The summed E-state index contributed by atoms with van der Waals surface area (Å²) in [4.78, 5) is 0. The number of hydrogen-bond acceptors (Lipinski definition) is 3. The van der Waals surface area contributed by atoms with Crippen LogP contribution in [-0.2, 0) is 9.47 Å². The van der Waals surface area contributed by atoms with Gasteiger partial charge in [0.15, 0.2) is 6.29 Å². The van der Waals surface area contributed by atoms with E-state index in [-0.39, 0.29) is 6.29 Å². The van der Waals surface area contributed by atoms with Crippen molar-refractivity contribution in [3.05, 3.63) is 29.8 Å². The zero-order chi connectivity index (χ0) is 15.8. The van der Waals surface area contributed by atoms with Crippen LogP contribution >= 0.6 is 0 Å². The van der Waals surface area contributed by atoms with Crippen LogP contribution < -0.4 is 4.74 Å². The summed E-state index contributed by atoms with van der Waals surface area (Å²) in [6.45, 7) is 8.49. The van der Waals surface area contributed by atoms with E-state index >= 15 is 0 Å². The summed E-state index contributed by atoms with van der Waals surface area (Å²) in [6, 6.07) is 11.5. The number of rotatable bonds is 6. The van der Waals surface area contributed by atoms with Gasteiger partial charge in [-0.2, -0.15) is 0 Å². The Labute approximate surface area is 135 Å². The fourth-order valence-electron chi connectivity index (χ4n) is 2.70. The van der Waals surface area contributed by atoms with Crippen LogP contribution in [0.3, 0.4) is 0 Å². The molecule has 0 amide bonds. The molecule has 0 aliphatic carbocycles. The van der Waals surface area contributed by atoms with Gasteiger partial charge < -0.3 is 14.2 Å². The molecule has 1 saturated heterocycles. The van der Waals surface area contributed by atoms with Crippen LogP contribution in [0.4, 0.5) is 0 Å². The SMILES string of the molecule is CC[Si](C#CCOc1ccccc1C1OCCO1)(CC)CC. The maximum atomic E-state index is 5.87. The zero-order valence-corrected chi connectivity index (χ0v) is 14.9. The lowest BCUT2D eigenvalue weighted by Gasteiger charge is -2.20. The quantitative estimate of drug-likeness (QED) is 0.582. The summed E-state index contributed by atoms with van der Waals surface area (Å²) in [7, 11) is -1.39.